The highest BCUT2D eigenvalue weighted by Crippen LogP contribution is 2.25. The van der Waals surface area contributed by atoms with Gasteiger partial charge in [0.15, 0.2) is 0 Å². The normalized spacial score (nSPS) is 9.95. The van der Waals surface area contributed by atoms with E-state index in [1.54, 1.807) is 24.3 Å². The van der Waals surface area contributed by atoms with Gasteiger partial charge in [0.1, 0.15) is 5.00 Å². The van der Waals surface area contributed by atoms with Gasteiger partial charge < -0.3 is 5.32 Å². The molecule has 1 heterocycles. The molecule has 0 unspecified atom stereocenters. The molecular weight excluding hydrogens is 294 g/mol. The third-order valence-corrected chi connectivity index (χ3v) is 3.80. The van der Waals surface area contributed by atoms with Crippen LogP contribution < -0.4 is 5.32 Å². The van der Waals surface area contributed by atoms with E-state index in [1.165, 1.54) is 11.5 Å². The Morgan fingerprint density at radius 2 is 1.82 bits per heavy atom. The monoisotopic (exact) mass is 305 g/mol. The second-order valence-corrected chi connectivity index (χ2v) is 5.39. The SMILES string of the molecule is N#Cc1ccc(C(=O)Nc2cc(-c3ccccc3)ns2)cc1. The molecule has 1 N–H and O–H groups in total. The first-order valence-corrected chi connectivity index (χ1v) is 7.37. The fourth-order valence-corrected chi connectivity index (χ4v) is 2.62. The summed E-state index contributed by atoms with van der Waals surface area (Å²) >= 11 is 1.24. The van der Waals surface area contributed by atoms with Crippen molar-refractivity contribution in [3.8, 4) is 17.3 Å². The van der Waals surface area contributed by atoms with Crippen LogP contribution >= 0.6 is 11.5 Å². The third kappa shape index (κ3) is 3.03. The van der Waals surface area contributed by atoms with E-state index in [0.717, 1.165) is 11.3 Å². The molecule has 3 aromatic rings. The summed E-state index contributed by atoms with van der Waals surface area (Å²) in [6.07, 6.45) is 0. The Morgan fingerprint density at radius 3 is 2.50 bits per heavy atom. The minimum atomic E-state index is -0.215. The molecule has 0 radical (unpaired) electrons. The highest BCUT2D eigenvalue weighted by molar-refractivity contribution is 7.10. The summed E-state index contributed by atoms with van der Waals surface area (Å²) in [5.74, 6) is -0.215. The smallest absolute Gasteiger partial charge is 0.256 e. The summed E-state index contributed by atoms with van der Waals surface area (Å²) in [5.41, 5.74) is 2.88. The highest BCUT2D eigenvalue weighted by Gasteiger charge is 2.09. The van der Waals surface area contributed by atoms with Crippen LogP contribution in [0.4, 0.5) is 5.00 Å². The van der Waals surface area contributed by atoms with E-state index in [1.807, 2.05) is 42.5 Å². The first-order chi connectivity index (χ1) is 10.8. The molecule has 4 nitrogen and oxygen atoms in total. The van der Waals surface area contributed by atoms with Crippen molar-refractivity contribution in [2.24, 2.45) is 0 Å². The summed E-state index contributed by atoms with van der Waals surface area (Å²) in [6, 6.07) is 20.2. The molecule has 0 bridgehead atoms. The Morgan fingerprint density at radius 1 is 1.09 bits per heavy atom. The molecule has 0 fully saturated rings. The quantitative estimate of drug-likeness (QED) is 0.797. The summed E-state index contributed by atoms with van der Waals surface area (Å²) in [5, 5.41) is 12.3. The number of anilines is 1. The number of nitriles is 1. The Balaban J connectivity index is 1.74. The van der Waals surface area contributed by atoms with Gasteiger partial charge in [-0.1, -0.05) is 30.3 Å². The molecule has 0 aliphatic heterocycles. The Bertz CT molecular complexity index is 832. The van der Waals surface area contributed by atoms with Crippen molar-refractivity contribution in [2.75, 3.05) is 5.32 Å². The molecule has 0 aliphatic rings. The number of carbonyl (C=O) groups is 1. The molecule has 5 heteroatoms. The second kappa shape index (κ2) is 6.20. The molecule has 0 saturated heterocycles. The van der Waals surface area contributed by atoms with Gasteiger partial charge in [0.25, 0.3) is 5.91 Å². The minimum absolute atomic E-state index is 0.215. The molecular formula is C17H11N3OS. The summed E-state index contributed by atoms with van der Waals surface area (Å²) in [6.45, 7) is 0. The molecule has 3 rings (SSSR count). The van der Waals surface area contributed by atoms with E-state index in [4.69, 9.17) is 5.26 Å². The predicted octanol–water partition coefficient (Wildman–Crippen LogP) is 3.93. The van der Waals surface area contributed by atoms with Crippen molar-refractivity contribution < 1.29 is 4.79 Å². The molecule has 2 aromatic carbocycles. The van der Waals surface area contributed by atoms with Crippen LogP contribution in [0.5, 0.6) is 0 Å². The highest BCUT2D eigenvalue weighted by atomic mass is 32.1. The summed E-state index contributed by atoms with van der Waals surface area (Å²) in [7, 11) is 0. The van der Waals surface area contributed by atoms with Gasteiger partial charge in [-0.05, 0) is 35.8 Å². The van der Waals surface area contributed by atoms with Gasteiger partial charge in [0.2, 0.25) is 0 Å². The van der Waals surface area contributed by atoms with Gasteiger partial charge >= 0.3 is 0 Å². The molecule has 0 aliphatic carbocycles. The lowest BCUT2D eigenvalue weighted by Crippen LogP contribution is -2.10. The first-order valence-electron chi connectivity index (χ1n) is 6.60. The molecule has 106 valence electrons. The van der Waals surface area contributed by atoms with Crippen LogP contribution in [0.15, 0.2) is 60.7 Å². The Kier molecular flexibility index (Phi) is 3.95. The topological polar surface area (TPSA) is 65.8 Å². The second-order valence-electron chi connectivity index (χ2n) is 4.59. The summed E-state index contributed by atoms with van der Waals surface area (Å²) in [4.78, 5) is 12.1. The third-order valence-electron chi connectivity index (χ3n) is 3.09. The molecule has 0 spiro atoms. The molecule has 1 amide bonds. The average Bonchev–Trinajstić information content (AvgIpc) is 3.04. The molecule has 0 atom stereocenters. The van der Waals surface area contributed by atoms with E-state index in [9.17, 15) is 4.79 Å². The fourth-order valence-electron chi connectivity index (χ4n) is 1.96. The van der Waals surface area contributed by atoms with Crippen molar-refractivity contribution in [1.82, 2.24) is 4.37 Å². The Hall–Kier alpha value is -2.97. The predicted molar refractivity (Wildman–Crippen MR) is 86.7 cm³/mol. The molecule has 0 saturated carbocycles. The van der Waals surface area contributed by atoms with Crippen molar-refractivity contribution in [2.45, 2.75) is 0 Å². The maximum absolute atomic E-state index is 12.1. The lowest BCUT2D eigenvalue weighted by atomic mass is 10.1. The number of amides is 1. The number of nitrogens with zero attached hydrogens (tertiary/aromatic N) is 2. The van der Waals surface area contributed by atoms with Crippen molar-refractivity contribution in [1.29, 1.82) is 5.26 Å². The van der Waals surface area contributed by atoms with E-state index in [2.05, 4.69) is 9.69 Å². The standard InChI is InChI=1S/C17H11N3OS/c18-11-12-6-8-14(9-7-12)17(21)19-16-10-15(20-22-16)13-4-2-1-3-5-13/h1-10H,(H,19,21). The zero-order valence-electron chi connectivity index (χ0n) is 11.5. The van der Waals surface area contributed by atoms with Crippen LogP contribution in [-0.2, 0) is 0 Å². The van der Waals surface area contributed by atoms with Gasteiger partial charge in [0, 0.05) is 17.2 Å². The zero-order chi connectivity index (χ0) is 15.4. The number of aromatic nitrogens is 1. The van der Waals surface area contributed by atoms with Crippen LogP contribution in [0.3, 0.4) is 0 Å². The number of hydrogen-bond acceptors (Lipinski definition) is 4. The van der Waals surface area contributed by atoms with E-state index >= 15 is 0 Å². The van der Waals surface area contributed by atoms with Crippen molar-refractivity contribution in [3.05, 3.63) is 71.8 Å². The van der Waals surface area contributed by atoms with Crippen LogP contribution in [0.2, 0.25) is 0 Å². The number of hydrogen-bond donors (Lipinski definition) is 1. The van der Waals surface area contributed by atoms with Crippen LogP contribution in [-0.4, -0.2) is 10.3 Å². The number of carbonyl (C=O) groups excluding carboxylic acids is 1. The van der Waals surface area contributed by atoms with Crippen molar-refractivity contribution in [3.63, 3.8) is 0 Å². The number of nitrogens with one attached hydrogen (secondary N) is 1. The number of benzene rings is 2. The van der Waals surface area contributed by atoms with Crippen LogP contribution in [0.25, 0.3) is 11.3 Å². The minimum Gasteiger partial charge on any atom is -0.312 e. The van der Waals surface area contributed by atoms with Crippen LogP contribution in [0, 0.1) is 11.3 Å². The van der Waals surface area contributed by atoms with E-state index in [-0.39, 0.29) is 5.91 Å². The van der Waals surface area contributed by atoms with E-state index < -0.39 is 0 Å². The van der Waals surface area contributed by atoms with Crippen molar-refractivity contribution >= 4 is 22.4 Å². The first kappa shape index (κ1) is 14.0. The van der Waals surface area contributed by atoms with Gasteiger partial charge in [0.05, 0.1) is 17.3 Å². The summed E-state index contributed by atoms with van der Waals surface area (Å²) < 4.78 is 4.34. The fraction of sp³-hybridized carbons (Fsp3) is 0. The van der Waals surface area contributed by atoms with Gasteiger partial charge in [-0.25, -0.2) is 0 Å². The van der Waals surface area contributed by atoms with E-state index in [0.29, 0.717) is 16.1 Å². The maximum Gasteiger partial charge on any atom is 0.256 e. The zero-order valence-corrected chi connectivity index (χ0v) is 12.3. The lowest BCUT2D eigenvalue weighted by Gasteiger charge is -2.01. The van der Waals surface area contributed by atoms with Gasteiger partial charge in [-0.15, -0.1) is 0 Å². The largest absolute Gasteiger partial charge is 0.312 e. The molecule has 22 heavy (non-hydrogen) atoms. The molecule has 1 aromatic heterocycles. The van der Waals surface area contributed by atoms with Gasteiger partial charge in [-0.2, -0.15) is 9.64 Å². The van der Waals surface area contributed by atoms with Gasteiger partial charge in [-0.3, -0.25) is 4.79 Å². The number of rotatable bonds is 3. The van der Waals surface area contributed by atoms with Crippen LogP contribution in [0.1, 0.15) is 15.9 Å². The average molecular weight is 305 g/mol. The Labute approximate surface area is 131 Å². The maximum atomic E-state index is 12.1. The lowest BCUT2D eigenvalue weighted by molar-refractivity contribution is 0.102.